The molecule has 0 radical (unpaired) electrons. The Bertz CT molecular complexity index is 805. The van der Waals surface area contributed by atoms with Crippen LogP contribution in [0.3, 0.4) is 0 Å². The zero-order valence-corrected chi connectivity index (χ0v) is 17.5. The maximum Gasteiger partial charge on any atom is 0.223 e. The van der Waals surface area contributed by atoms with Gasteiger partial charge in [-0.15, -0.1) is 4.72 Å². The quantitative estimate of drug-likeness (QED) is 0.566. The van der Waals surface area contributed by atoms with Crippen LogP contribution in [-0.2, 0) is 11.4 Å². The number of pyridine rings is 2. The number of ether oxygens (including phenoxy) is 1. The molecule has 0 amide bonds. The van der Waals surface area contributed by atoms with Gasteiger partial charge in [0.2, 0.25) is 5.88 Å². The van der Waals surface area contributed by atoms with Crippen molar-refractivity contribution in [2.75, 3.05) is 0 Å². The van der Waals surface area contributed by atoms with Crippen LogP contribution in [0.25, 0.3) is 10.8 Å². The molecular weight excluding hydrogens is 370 g/mol. The van der Waals surface area contributed by atoms with E-state index in [-0.39, 0.29) is 16.4 Å². The summed E-state index contributed by atoms with van der Waals surface area (Å²) in [5.41, 5.74) is 0.828. The number of halogens is 1. The fourth-order valence-electron chi connectivity index (χ4n) is 2.65. The van der Waals surface area contributed by atoms with E-state index in [1.165, 1.54) is 0 Å². The van der Waals surface area contributed by atoms with E-state index < -0.39 is 11.4 Å². The van der Waals surface area contributed by atoms with E-state index in [4.69, 9.17) is 16.3 Å². The van der Waals surface area contributed by atoms with E-state index >= 15 is 0 Å². The van der Waals surface area contributed by atoms with Gasteiger partial charge in [0.05, 0.1) is 11.4 Å². The molecule has 142 valence electrons. The second-order valence-corrected chi connectivity index (χ2v) is 10.5. The molecule has 5 nitrogen and oxygen atoms in total. The second kappa shape index (κ2) is 7.15. The van der Waals surface area contributed by atoms with Gasteiger partial charge < -0.3 is 9.29 Å². The molecule has 0 bridgehead atoms. The molecule has 0 aromatic carbocycles. The highest BCUT2D eigenvalue weighted by atomic mass is 35.5. The van der Waals surface area contributed by atoms with Crippen LogP contribution in [0, 0.1) is 0 Å². The SMILES string of the molecule is CCC(N[S+]([O-])C(C)(C)C)c1cnc(OC2(C)CC2)c2cnc(Cl)cc12. The summed E-state index contributed by atoms with van der Waals surface area (Å²) in [5.74, 6) is 0.583. The van der Waals surface area contributed by atoms with Gasteiger partial charge in [0.25, 0.3) is 0 Å². The van der Waals surface area contributed by atoms with Crippen molar-refractivity contribution in [3.8, 4) is 5.88 Å². The first-order valence-corrected chi connectivity index (χ1v) is 10.5. The maximum absolute atomic E-state index is 12.6. The van der Waals surface area contributed by atoms with Crippen molar-refractivity contribution in [3.05, 3.63) is 29.2 Å². The van der Waals surface area contributed by atoms with Crippen molar-refractivity contribution >= 4 is 33.7 Å². The number of nitrogens with zero attached hydrogens (tertiary/aromatic N) is 2. The van der Waals surface area contributed by atoms with Crippen molar-refractivity contribution in [2.24, 2.45) is 0 Å². The Morgan fingerprint density at radius 1 is 1.31 bits per heavy atom. The number of nitrogens with one attached hydrogen (secondary N) is 1. The van der Waals surface area contributed by atoms with Crippen LogP contribution in [0.15, 0.2) is 18.5 Å². The van der Waals surface area contributed by atoms with E-state index in [2.05, 4.69) is 28.5 Å². The lowest BCUT2D eigenvalue weighted by Gasteiger charge is -2.28. The van der Waals surface area contributed by atoms with Crippen LogP contribution < -0.4 is 9.46 Å². The molecule has 2 aromatic rings. The first-order valence-electron chi connectivity index (χ1n) is 8.94. The Hall–Kier alpha value is -1.08. The molecule has 26 heavy (non-hydrogen) atoms. The summed E-state index contributed by atoms with van der Waals surface area (Å²) in [5, 5.41) is 2.19. The summed E-state index contributed by atoms with van der Waals surface area (Å²) in [4.78, 5) is 8.77. The van der Waals surface area contributed by atoms with Gasteiger partial charge in [0.1, 0.15) is 15.5 Å². The fraction of sp³-hybridized carbons (Fsp3) is 0.579. The molecule has 0 aliphatic heterocycles. The van der Waals surface area contributed by atoms with Gasteiger partial charge >= 0.3 is 0 Å². The molecule has 0 saturated heterocycles. The molecule has 1 saturated carbocycles. The van der Waals surface area contributed by atoms with Gasteiger partial charge in [0, 0.05) is 29.3 Å². The van der Waals surface area contributed by atoms with Crippen molar-refractivity contribution in [1.82, 2.24) is 14.7 Å². The molecule has 2 aromatic heterocycles. The molecule has 2 atom stereocenters. The Kier molecular flexibility index (Phi) is 5.41. The number of hydrogen-bond donors (Lipinski definition) is 1. The Balaban J connectivity index is 2.02. The topological polar surface area (TPSA) is 70.1 Å². The van der Waals surface area contributed by atoms with Crippen LogP contribution in [0.2, 0.25) is 5.15 Å². The first-order chi connectivity index (χ1) is 12.1. The zero-order chi connectivity index (χ0) is 19.1. The Morgan fingerprint density at radius 3 is 2.58 bits per heavy atom. The van der Waals surface area contributed by atoms with Crippen LogP contribution >= 0.6 is 11.6 Å². The molecule has 1 aliphatic rings. The Labute approximate surface area is 163 Å². The standard InChI is InChI=1S/C19H26ClN3O2S/c1-6-15(23-26(24)18(2,3)4)13-10-22-17(25-19(5)7-8-19)14-11-21-16(20)9-12(13)14/h9-11,15,23H,6-8H2,1-5H3. The Morgan fingerprint density at radius 2 is 2.00 bits per heavy atom. The molecule has 0 spiro atoms. The molecule has 1 aliphatic carbocycles. The van der Waals surface area contributed by atoms with E-state index in [9.17, 15) is 4.55 Å². The molecular formula is C19H26ClN3O2S. The first kappa shape index (κ1) is 19.7. The number of aromatic nitrogens is 2. The minimum Gasteiger partial charge on any atom is -0.598 e. The lowest BCUT2D eigenvalue weighted by Crippen LogP contribution is -2.41. The summed E-state index contributed by atoms with van der Waals surface area (Å²) < 4.78 is 21.6. The predicted octanol–water partition coefficient (Wildman–Crippen LogP) is 4.72. The highest BCUT2D eigenvalue weighted by Gasteiger charge is 2.41. The van der Waals surface area contributed by atoms with Gasteiger partial charge in [-0.05, 0) is 58.4 Å². The summed E-state index contributed by atoms with van der Waals surface area (Å²) in [6.45, 7) is 10.00. The van der Waals surface area contributed by atoms with Crippen molar-refractivity contribution in [3.63, 3.8) is 0 Å². The van der Waals surface area contributed by atoms with Gasteiger partial charge in [-0.3, -0.25) is 0 Å². The number of fused-ring (bicyclic) bond motifs is 1. The minimum absolute atomic E-state index is 0.103. The lowest BCUT2D eigenvalue weighted by molar-refractivity contribution is 0.194. The molecule has 2 unspecified atom stereocenters. The summed E-state index contributed by atoms with van der Waals surface area (Å²) in [6.07, 6.45) is 6.35. The number of hydrogen-bond acceptors (Lipinski definition) is 5. The third-order valence-electron chi connectivity index (χ3n) is 4.62. The van der Waals surface area contributed by atoms with Crippen molar-refractivity contribution in [2.45, 2.75) is 70.3 Å². The average Bonchev–Trinajstić information content (AvgIpc) is 3.29. The maximum atomic E-state index is 12.6. The molecule has 3 rings (SSSR count). The third kappa shape index (κ3) is 4.25. The molecule has 7 heteroatoms. The summed E-state index contributed by atoms with van der Waals surface area (Å²) in [7, 11) is 0. The van der Waals surface area contributed by atoms with Crippen LogP contribution in [0.4, 0.5) is 0 Å². The fourth-order valence-corrected chi connectivity index (χ4v) is 3.71. The molecule has 1 fully saturated rings. The summed E-state index contributed by atoms with van der Waals surface area (Å²) in [6, 6.07) is 1.73. The summed E-state index contributed by atoms with van der Waals surface area (Å²) >= 11 is 4.98. The van der Waals surface area contributed by atoms with Crippen molar-refractivity contribution in [1.29, 1.82) is 0 Å². The van der Waals surface area contributed by atoms with Gasteiger partial charge in [-0.1, -0.05) is 18.5 Å². The largest absolute Gasteiger partial charge is 0.598 e. The van der Waals surface area contributed by atoms with Gasteiger partial charge in [-0.2, -0.15) is 0 Å². The zero-order valence-electron chi connectivity index (χ0n) is 15.9. The second-order valence-electron chi connectivity index (χ2n) is 8.08. The van der Waals surface area contributed by atoms with Crippen molar-refractivity contribution < 1.29 is 9.29 Å². The molecule has 1 N–H and O–H groups in total. The van der Waals surface area contributed by atoms with E-state index in [1.807, 2.05) is 26.8 Å². The predicted molar refractivity (Wildman–Crippen MR) is 107 cm³/mol. The normalized spacial score (nSPS) is 18.6. The molecule has 2 heterocycles. The minimum atomic E-state index is -1.18. The van der Waals surface area contributed by atoms with E-state index in [0.29, 0.717) is 11.0 Å². The lowest BCUT2D eigenvalue weighted by atomic mass is 10.0. The van der Waals surface area contributed by atoms with E-state index in [0.717, 1.165) is 35.6 Å². The van der Waals surface area contributed by atoms with Gasteiger partial charge in [-0.25, -0.2) is 9.97 Å². The van der Waals surface area contributed by atoms with Crippen LogP contribution in [0.1, 0.15) is 65.5 Å². The van der Waals surface area contributed by atoms with Crippen LogP contribution in [-0.4, -0.2) is 24.9 Å². The highest BCUT2D eigenvalue weighted by molar-refractivity contribution is 7.90. The van der Waals surface area contributed by atoms with E-state index in [1.54, 1.807) is 12.4 Å². The van der Waals surface area contributed by atoms with Gasteiger partial charge in [0.15, 0.2) is 0 Å². The monoisotopic (exact) mass is 395 g/mol. The third-order valence-corrected chi connectivity index (χ3v) is 6.44. The smallest absolute Gasteiger partial charge is 0.223 e. The number of rotatable bonds is 6. The highest BCUT2D eigenvalue weighted by Crippen LogP contribution is 2.41. The average molecular weight is 396 g/mol. The van der Waals surface area contributed by atoms with Crippen LogP contribution in [0.5, 0.6) is 5.88 Å².